The molecule has 0 bridgehead atoms. The molecule has 0 aromatic heterocycles. The summed E-state index contributed by atoms with van der Waals surface area (Å²) in [6, 6.07) is 0. The Kier molecular flexibility index (Phi) is 2.22. The molecule has 1 rings (SSSR count). The standard InChI is InChI=1S/C5H10O5/c6-2-1-10-5(9)4(8)3(2)7/h2-9H,1H2/t2-,3+,4+,5+/m0/s1. The minimum Gasteiger partial charge on any atom is -0.388 e. The molecule has 1 aliphatic heterocycles. The second-order valence-electron chi connectivity index (χ2n) is 2.27. The van der Waals surface area contributed by atoms with Crippen molar-refractivity contribution in [3.8, 4) is 0 Å². The lowest BCUT2D eigenvalue weighted by atomic mass is 10.1. The van der Waals surface area contributed by atoms with Crippen LogP contribution in [0.25, 0.3) is 0 Å². The molecule has 4 N–H and O–H groups in total. The monoisotopic (exact) mass is 150 g/mol. The third-order valence-electron chi connectivity index (χ3n) is 1.47. The van der Waals surface area contributed by atoms with Gasteiger partial charge in [-0.2, -0.15) is 0 Å². The fourth-order valence-corrected chi connectivity index (χ4v) is 0.791. The Morgan fingerprint density at radius 1 is 1.00 bits per heavy atom. The average Bonchev–Trinajstić information content (AvgIpc) is 1.93. The topological polar surface area (TPSA) is 90.2 Å². The molecule has 0 amide bonds. The zero-order valence-corrected chi connectivity index (χ0v) is 5.21. The molecule has 0 spiro atoms. The van der Waals surface area contributed by atoms with Gasteiger partial charge in [0.1, 0.15) is 18.3 Å². The van der Waals surface area contributed by atoms with E-state index in [1.54, 1.807) is 0 Å². The normalized spacial score (nSPS) is 49.2. The van der Waals surface area contributed by atoms with Crippen LogP contribution in [-0.4, -0.2) is 51.6 Å². The van der Waals surface area contributed by atoms with Gasteiger partial charge < -0.3 is 25.2 Å². The summed E-state index contributed by atoms with van der Waals surface area (Å²) in [5.74, 6) is 0. The molecule has 0 radical (unpaired) electrons. The Labute approximate surface area is 57.5 Å². The number of hydrogen-bond donors (Lipinski definition) is 4. The molecule has 1 aliphatic rings. The van der Waals surface area contributed by atoms with Crippen molar-refractivity contribution in [2.24, 2.45) is 0 Å². The number of aliphatic hydroxyl groups excluding tert-OH is 4. The van der Waals surface area contributed by atoms with Gasteiger partial charge in [-0.15, -0.1) is 0 Å². The van der Waals surface area contributed by atoms with Crippen LogP contribution in [0.1, 0.15) is 0 Å². The molecule has 0 saturated carbocycles. The Morgan fingerprint density at radius 3 is 2.10 bits per heavy atom. The van der Waals surface area contributed by atoms with Gasteiger partial charge in [0.25, 0.3) is 0 Å². The lowest BCUT2D eigenvalue weighted by molar-refractivity contribution is -0.252. The van der Waals surface area contributed by atoms with Crippen LogP contribution in [0.2, 0.25) is 0 Å². The minimum atomic E-state index is -1.41. The van der Waals surface area contributed by atoms with E-state index < -0.39 is 24.6 Å². The number of aliphatic hydroxyl groups is 4. The fraction of sp³-hybridized carbons (Fsp3) is 1.00. The number of hydrogen-bond acceptors (Lipinski definition) is 5. The molecule has 0 aliphatic carbocycles. The fourth-order valence-electron chi connectivity index (χ4n) is 0.791. The first-order valence-electron chi connectivity index (χ1n) is 2.97. The molecule has 10 heavy (non-hydrogen) atoms. The molecule has 5 heteroatoms. The lowest BCUT2D eigenvalue weighted by Crippen LogP contribution is -2.52. The summed E-state index contributed by atoms with van der Waals surface area (Å²) in [4.78, 5) is 0. The first kappa shape index (κ1) is 7.90. The van der Waals surface area contributed by atoms with E-state index in [4.69, 9.17) is 20.4 Å². The van der Waals surface area contributed by atoms with Gasteiger partial charge in [0.15, 0.2) is 6.29 Å². The summed E-state index contributed by atoms with van der Waals surface area (Å²) in [7, 11) is 0. The maximum absolute atomic E-state index is 8.88. The molecule has 0 unspecified atom stereocenters. The van der Waals surface area contributed by atoms with Gasteiger partial charge in [-0.3, -0.25) is 0 Å². The van der Waals surface area contributed by atoms with Crippen molar-refractivity contribution in [1.82, 2.24) is 0 Å². The Balaban J connectivity index is 2.52. The van der Waals surface area contributed by atoms with Crippen LogP contribution >= 0.6 is 0 Å². The van der Waals surface area contributed by atoms with E-state index in [0.717, 1.165) is 0 Å². The minimum absolute atomic E-state index is 0.153. The zero-order chi connectivity index (χ0) is 7.72. The smallest absolute Gasteiger partial charge is 0.183 e. The highest BCUT2D eigenvalue weighted by Gasteiger charge is 2.36. The number of ether oxygens (including phenoxy) is 1. The van der Waals surface area contributed by atoms with E-state index in [1.165, 1.54) is 0 Å². The predicted molar refractivity (Wildman–Crippen MR) is 30.0 cm³/mol. The third kappa shape index (κ3) is 1.28. The van der Waals surface area contributed by atoms with E-state index in [0.29, 0.717) is 0 Å². The first-order valence-corrected chi connectivity index (χ1v) is 2.97. The van der Waals surface area contributed by atoms with Crippen molar-refractivity contribution >= 4 is 0 Å². The summed E-state index contributed by atoms with van der Waals surface area (Å²) in [6.07, 6.45) is -5.23. The highest BCUT2D eigenvalue weighted by atomic mass is 16.6. The summed E-state index contributed by atoms with van der Waals surface area (Å²) in [6.45, 7) is -0.153. The van der Waals surface area contributed by atoms with Crippen LogP contribution in [0.15, 0.2) is 0 Å². The van der Waals surface area contributed by atoms with Crippen molar-refractivity contribution in [1.29, 1.82) is 0 Å². The largest absolute Gasteiger partial charge is 0.388 e. The summed E-state index contributed by atoms with van der Waals surface area (Å²) in [5.41, 5.74) is 0. The van der Waals surface area contributed by atoms with Crippen LogP contribution < -0.4 is 0 Å². The van der Waals surface area contributed by atoms with E-state index in [9.17, 15) is 0 Å². The molecule has 1 heterocycles. The quantitative estimate of drug-likeness (QED) is 0.304. The van der Waals surface area contributed by atoms with Crippen molar-refractivity contribution in [3.05, 3.63) is 0 Å². The van der Waals surface area contributed by atoms with E-state index in [-0.39, 0.29) is 6.61 Å². The van der Waals surface area contributed by atoms with Crippen molar-refractivity contribution in [2.75, 3.05) is 6.61 Å². The lowest BCUT2D eigenvalue weighted by Gasteiger charge is -2.31. The molecule has 1 saturated heterocycles. The summed E-state index contributed by atoms with van der Waals surface area (Å²) in [5, 5.41) is 35.3. The summed E-state index contributed by atoms with van der Waals surface area (Å²) >= 11 is 0. The van der Waals surface area contributed by atoms with Gasteiger partial charge in [0, 0.05) is 0 Å². The van der Waals surface area contributed by atoms with Gasteiger partial charge >= 0.3 is 0 Å². The highest BCUT2D eigenvalue weighted by Crippen LogP contribution is 2.12. The SMILES string of the molecule is O[C@@H]1[C@H](O)[C@@H](O)CO[C@H]1O. The zero-order valence-electron chi connectivity index (χ0n) is 5.21. The average molecular weight is 150 g/mol. The van der Waals surface area contributed by atoms with Crippen molar-refractivity contribution in [2.45, 2.75) is 24.6 Å². The molecule has 4 atom stereocenters. The Hall–Kier alpha value is -0.200. The van der Waals surface area contributed by atoms with Crippen LogP contribution in [-0.2, 0) is 4.74 Å². The second kappa shape index (κ2) is 2.81. The molecule has 1 fully saturated rings. The molecular formula is C5H10O5. The van der Waals surface area contributed by atoms with Crippen LogP contribution in [0.5, 0.6) is 0 Å². The van der Waals surface area contributed by atoms with Crippen LogP contribution in [0.4, 0.5) is 0 Å². The molecule has 5 nitrogen and oxygen atoms in total. The molecule has 0 aromatic rings. The van der Waals surface area contributed by atoms with Gasteiger partial charge in [0.05, 0.1) is 6.61 Å². The predicted octanol–water partition coefficient (Wildman–Crippen LogP) is -2.58. The highest BCUT2D eigenvalue weighted by molar-refractivity contribution is 4.81. The van der Waals surface area contributed by atoms with Crippen LogP contribution in [0.3, 0.4) is 0 Å². The molecule has 0 aromatic carbocycles. The van der Waals surface area contributed by atoms with Gasteiger partial charge in [0.2, 0.25) is 0 Å². The summed E-state index contributed by atoms with van der Waals surface area (Å²) < 4.78 is 4.47. The van der Waals surface area contributed by atoms with Crippen molar-refractivity contribution in [3.63, 3.8) is 0 Å². The van der Waals surface area contributed by atoms with Gasteiger partial charge in [-0.1, -0.05) is 0 Å². The van der Waals surface area contributed by atoms with E-state index in [2.05, 4.69) is 4.74 Å². The van der Waals surface area contributed by atoms with Crippen molar-refractivity contribution < 1.29 is 25.2 Å². The number of rotatable bonds is 0. The van der Waals surface area contributed by atoms with E-state index >= 15 is 0 Å². The Bertz CT molecular complexity index is 103. The Morgan fingerprint density at radius 2 is 1.60 bits per heavy atom. The van der Waals surface area contributed by atoms with Gasteiger partial charge in [-0.25, -0.2) is 0 Å². The molecule has 60 valence electrons. The third-order valence-corrected chi connectivity index (χ3v) is 1.47. The first-order chi connectivity index (χ1) is 4.63. The van der Waals surface area contributed by atoms with Crippen LogP contribution in [0, 0.1) is 0 Å². The van der Waals surface area contributed by atoms with E-state index in [1.807, 2.05) is 0 Å². The molecular weight excluding hydrogens is 140 g/mol. The van der Waals surface area contributed by atoms with Gasteiger partial charge in [-0.05, 0) is 0 Å². The maximum Gasteiger partial charge on any atom is 0.183 e. The second-order valence-corrected chi connectivity index (χ2v) is 2.27. The maximum atomic E-state index is 8.88.